The quantitative estimate of drug-likeness (QED) is 0.188. The van der Waals surface area contributed by atoms with Gasteiger partial charge in [0.05, 0.1) is 25.5 Å². The van der Waals surface area contributed by atoms with Crippen LogP contribution in [0.2, 0.25) is 0 Å². The molecule has 0 aliphatic heterocycles. The van der Waals surface area contributed by atoms with Crippen molar-refractivity contribution < 1.29 is 19.0 Å². The van der Waals surface area contributed by atoms with Gasteiger partial charge in [0.15, 0.2) is 0 Å². The Labute approximate surface area is 237 Å². The largest absolute Gasteiger partial charge is 0.497 e. The van der Waals surface area contributed by atoms with Crippen molar-refractivity contribution in [3.8, 4) is 28.5 Å². The summed E-state index contributed by atoms with van der Waals surface area (Å²) in [4.78, 5) is 19.8. The average molecular weight is 542 g/mol. The lowest BCUT2D eigenvalue weighted by Gasteiger charge is -2.31. The van der Waals surface area contributed by atoms with Gasteiger partial charge in [-0.05, 0) is 61.2 Å². The summed E-state index contributed by atoms with van der Waals surface area (Å²) in [6.45, 7) is 7.34. The van der Waals surface area contributed by atoms with Crippen LogP contribution in [0.15, 0.2) is 85.1 Å². The van der Waals surface area contributed by atoms with E-state index in [1.54, 1.807) is 36.3 Å². The second-order valence-electron chi connectivity index (χ2n) is 10.2. The number of benzene rings is 3. The molecule has 4 aromatic rings. The number of hydrogen-bond donors (Lipinski definition) is 0. The third-order valence-electron chi connectivity index (χ3n) is 6.81. The van der Waals surface area contributed by atoms with E-state index in [1.165, 1.54) is 0 Å². The zero-order chi connectivity index (χ0) is 28.5. The van der Waals surface area contributed by atoms with Gasteiger partial charge in [0.1, 0.15) is 23.1 Å². The molecule has 4 rings (SSSR count). The molecule has 0 unspecified atom stereocenters. The normalized spacial score (nSPS) is 11.8. The minimum absolute atomic E-state index is 0.117. The molecule has 210 valence electrons. The van der Waals surface area contributed by atoms with Crippen LogP contribution in [0, 0.1) is 5.92 Å². The first-order valence-electron chi connectivity index (χ1n) is 13.8. The lowest BCUT2D eigenvalue weighted by molar-refractivity contribution is 0.127. The number of aryl methyl sites for hydroxylation is 1. The van der Waals surface area contributed by atoms with Crippen LogP contribution in [0.4, 0.5) is 4.79 Å². The number of imidazole rings is 1. The molecule has 0 aliphatic carbocycles. The summed E-state index contributed by atoms with van der Waals surface area (Å²) in [6.07, 6.45) is 3.19. The summed E-state index contributed by atoms with van der Waals surface area (Å²) in [7, 11) is 3.62. The number of carbonyl (C=O) groups excluding carboxylic acids is 1. The zero-order valence-electron chi connectivity index (χ0n) is 24.0. The van der Waals surface area contributed by atoms with E-state index < -0.39 is 0 Å². The van der Waals surface area contributed by atoms with Crippen LogP contribution in [-0.4, -0.2) is 40.8 Å². The zero-order valence-corrected chi connectivity index (χ0v) is 24.0. The second kappa shape index (κ2) is 13.7. The molecule has 0 saturated carbocycles. The lowest BCUT2D eigenvalue weighted by Crippen LogP contribution is -2.37. The molecule has 7 heteroatoms. The molecular weight excluding hydrogens is 502 g/mol. The molecule has 0 bridgehead atoms. The summed E-state index contributed by atoms with van der Waals surface area (Å²) < 4.78 is 19.0. The first-order chi connectivity index (χ1) is 19.4. The Morgan fingerprint density at radius 1 is 0.925 bits per heavy atom. The molecule has 1 heterocycles. The van der Waals surface area contributed by atoms with Gasteiger partial charge in [-0.25, -0.2) is 9.78 Å². The minimum atomic E-state index is -0.372. The molecule has 1 amide bonds. The van der Waals surface area contributed by atoms with E-state index in [-0.39, 0.29) is 12.1 Å². The van der Waals surface area contributed by atoms with Gasteiger partial charge >= 0.3 is 6.09 Å². The smallest absolute Gasteiger partial charge is 0.415 e. The van der Waals surface area contributed by atoms with Gasteiger partial charge in [0.2, 0.25) is 0 Å². The van der Waals surface area contributed by atoms with Gasteiger partial charge in [0, 0.05) is 31.8 Å². The summed E-state index contributed by atoms with van der Waals surface area (Å²) in [6, 6.07) is 25.1. The van der Waals surface area contributed by atoms with Crippen LogP contribution in [0.25, 0.3) is 11.3 Å². The van der Waals surface area contributed by atoms with Crippen molar-refractivity contribution >= 4 is 6.09 Å². The molecular formula is C33H39N3O4. The number of amides is 1. The number of carbonyl (C=O) groups is 1. The van der Waals surface area contributed by atoms with Crippen molar-refractivity contribution in [1.29, 1.82) is 0 Å². The summed E-state index contributed by atoms with van der Waals surface area (Å²) in [5, 5.41) is 0. The van der Waals surface area contributed by atoms with Crippen LogP contribution in [-0.2, 0) is 13.5 Å². The van der Waals surface area contributed by atoms with Crippen molar-refractivity contribution in [3.05, 3.63) is 96.4 Å². The Morgan fingerprint density at radius 3 is 2.20 bits per heavy atom. The highest BCUT2D eigenvalue weighted by Crippen LogP contribution is 2.30. The van der Waals surface area contributed by atoms with Gasteiger partial charge < -0.3 is 23.7 Å². The van der Waals surface area contributed by atoms with Crippen LogP contribution in [0.5, 0.6) is 17.2 Å². The fourth-order valence-electron chi connectivity index (χ4n) is 4.70. The van der Waals surface area contributed by atoms with Crippen molar-refractivity contribution in [2.45, 2.75) is 39.7 Å². The Hall–Kier alpha value is -4.26. The molecule has 0 radical (unpaired) electrons. The number of nitrogens with zero attached hydrogens (tertiary/aromatic N) is 3. The molecule has 7 nitrogen and oxygen atoms in total. The third-order valence-corrected chi connectivity index (χ3v) is 6.81. The van der Waals surface area contributed by atoms with Gasteiger partial charge in [-0.15, -0.1) is 0 Å². The van der Waals surface area contributed by atoms with Gasteiger partial charge in [0.25, 0.3) is 0 Å². The molecule has 0 spiro atoms. The number of ether oxygens (including phenoxy) is 3. The van der Waals surface area contributed by atoms with E-state index in [0.29, 0.717) is 37.0 Å². The monoisotopic (exact) mass is 541 g/mol. The molecule has 3 aromatic carbocycles. The highest BCUT2D eigenvalue weighted by atomic mass is 16.6. The minimum Gasteiger partial charge on any atom is -0.497 e. The second-order valence-corrected chi connectivity index (χ2v) is 10.2. The van der Waals surface area contributed by atoms with E-state index in [4.69, 9.17) is 19.2 Å². The maximum atomic E-state index is 13.2. The standard InChI is InChI=1S/C33H39N3O4/c1-6-36(33(37)40-29-18-16-27(38-5)17-19-29)31(22-24(2)3)26-12-14-28(15-13-26)39-21-20-32-34-30(23-35(32)4)25-10-8-7-9-11-25/h7-19,23-24,31H,6,20-22H2,1-5H3/t31-/m0/s1. The predicted molar refractivity (Wildman–Crippen MR) is 158 cm³/mol. The van der Waals surface area contributed by atoms with E-state index in [2.05, 4.69) is 30.5 Å². The van der Waals surface area contributed by atoms with Crippen molar-refractivity contribution in [3.63, 3.8) is 0 Å². The molecule has 0 N–H and O–H groups in total. The molecule has 0 fully saturated rings. The number of methoxy groups -OCH3 is 1. The third kappa shape index (κ3) is 7.44. The van der Waals surface area contributed by atoms with E-state index in [1.807, 2.05) is 62.6 Å². The SMILES string of the molecule is CCN(C(=O)Oc1ccc(OC)cc1)[C@@H](CC(C)C)c1ccc(OCCc2nc(-c3ccccc3)cn2C)cc1. The van der Waals surface area contributed by atoms with Crippen LogP contribution in [0.1, 0.15) is 44.6 Å². The summed E-state index contributed by atoms with van der Waals surface area (Å²) in [5.41, 5.74) is 3.11. The number of rotatable bonds is 12. The Bertz CT molecular complexity index is 1350. The van der Waals surface area contributed by atoms with Crippen molar-refractivity contribution in [2.24, 2.45) is 13.0 Å². The molecule has 0 saturated heterocycles. The van der Waals surface area contributed by atoms with Crippen LogP contribution < -0.4 is 14.2 Å². The number of hydrogen-bond acceptors (Lipinski definition) is 5. The highest BCUT2D eigenvalue weighted by Gasteiger charge is 2.26. The van der Waals surface area contributed by atoms with Crippen molar-refractivity contribution in [1.82, 2.24) is 14.5 Å². The number of aromatic nitrogens is 2. The van der Waals surface area contributed by atoms with E-state index in [9.17, 15) is 4.79 Å². The van der Waals surface area contributed by atoms with Crippen molar-refractivity contribution in [2.75, 3.05) is 20.3 Å². The van der Waals surface area contributed by atoms with E-state index >= 15 is 0 Å². The van der Waals surface area contributed by atoms with Gasteiger partial charge in [-0.1, -0.05) is 56.3 Å². The maximum absolute atomic E-state index is 13.2. The fraction of sp³-hybridized carbons (Fsp3) is 0.333. The molecule has 0 aliphatic rings. The van der Waals surface area contributed by atoms with Crippen LogP contribution in [0.3, 0.4) is 0 Å². The maximum Gasteiger partial charge on any atom is 0.415 e. The summed E-state index contributed by atoms with van der Waals surface area (Å²) >= 11 is 0. The predicted octanol–water partition coefficient (Wildman–Crippen LogP) is 7.33. The Balaban J connectivity index is 1.39. The topological polar surface area (TPSA) is 65.8 Å². The van der Waals surface area contributed by atoms with Crippen LogP contribution >= 0.6 is 0 Å². The Morgan fingerprint density at radius 2 is 1.57 bits per heavy atom. The first-order valence-corrected chi connectivity index (χ1v) is 13.8. The molecule has 1 aromatic heterocycles. The average Bonchev–Trinajstić information content (AvgIpc) is 3.34. The van der Waals surface area contributed by atoms with Gasteiger partial charge in [-0.2, -0.15) is 0 Å². The highest BCUT2D eigenvalue weighted by molar-refractivity contribution is 5.71. The van der Waals surface area contributed by atoms with Gasteiger partial charge in [-0.3, -0.25) is 0 Å². The first kappa shape index (κ1) is 28.7. The summed E-state index contributed by atoms with van der Waals surface area (Å²) in [5.74, 6) is 3.35. The Kier molecular flexibility index (Phi) is 9.84. The molecule has 40 heavy (non-hydrogen) atoms. The fourth-order valence-corrected chi connectivity index (χ4v) is 4.70. The van der Waals surface area contributed by atoms with E-state index in [0.717, 1.165) is 34.8 Å². The lowest BCUT2D eigenvalue weighted by atomic mass is 9.95. The molecule has 1 atom stereocenters.